The molecule has 3 rings (SSSR count). The Morgan fingerprint density at radius 2 is 1.72 bits per heavy atom. The molecule has 1 saturated heterocycles. The number of likely N-dealkylation sites (tertiary alicyclic amines) is 1. The summed E-state index contributed by atoms with van der Waals surface area (Å²) in [6, 6.07) is 9.54. The van der Waals surface area contributed by atoms with E-state index < -0.39 is 29.5 Å². The number of rotatable bonds is 23. The average Bonchev–Trinajstić information content (AvgIpc) is 3.87. The monoisotopic (exact) mass is 768 g/mol. The molecule has 11 heteroatoms. The van der Waals surface area contributed by atoms with E-state index in [4.69, 9.17) is 9.47 Å². The molecule has 0 spiro atoms. The lowest BCUT2D eigenvalue weighted by atomic mass is 9.79. The standard InChI is InChI=1S/C43H68N4O6S/c1-12-29(4)39(46(9)42(51)33(28(2)3)25-37(49)43(6,7)27-44-8)36(52-10)26-38(50)47-21-16-19-34(47)40(53-11)30(5)35(48)24-32(41-45-20-22-54-41)23-31-17-14-13-15-18-31/h13-15,17-18,20,22,28-30,32-34,36,39-40,44H,12,16,19,21,23-27H2,1-11H3. The maximum absolute atomic E-state index is 14.3. The molecule has 0 aliphatic carbocycles. The molecule has 1 aliphatic rings. The van der Waals surface area contributed by atoms with Gasteiger partial charge in [0.15, 0.2) is 0 Å². The number of ether oxygens (including phenoxy) is 2. The van der Waals surface area contributed by atoms with Gasteiger partial charge in [-0.2, -0.15) is 0 Å². The zero-order valence-corrected chi connectivity index (χ0v) is 35.6. The zero-order chi connectivity index (χ0) is 40.2. The number of hydrogen-bond donors (Lipinski definition) is 1. The quantitative estimate of drug-likeness (QED) is 0.131. The van der Waals surface area contributed by atoms with Gasteiger partial charge in [0.2, 0.25) is 11.8 Å². The highest BCUT2D eigenvalue weighted by molar-refractivity contribution is 7.09. The summed E-state index contributed by atoms with van der Waals surface area (Å²) in [6.45, 7) is 15.0. The Balaban J connectivity index is 1.78. The van der Waals surface area contributed by atoms with Crippen LogP contribution in [0.4, 0.5) is 0 Å². The third kappa shape index (κ3) is 11.8. The molecular weight excluding hydrogens is 701 g/mol. The van der Waals surface area contributed by atoms with Crippen LogP contribution in [0.25, 0.3) is 0 Å². The molecule has 0 saturated carbocycles. The van der Waals surface area contributed by atoms with E-state index in [1.807, 2.05) is 70.1 Å². The number of thiazole rings is 1. The third-order valence-electron chi connectivity index (χ3n) is 11.8. The molecule has 302 valence electrons. The predicted molar refractivity (Wildman–Crippen MR) is 216 cm³/mol. The topological polar surface area (TPSA) is 118 Å². The molecule has 1 aromatic heterocycles. The fourth-order valence-corrected chi connectivity index (χ4v) is 8.98. The SMILES string of the molecule is CCC(C)C(C(CC(=O)N1CCCC1C(OC)C(C)C(=O)CC(Cc1ccccc1)c1nccs1)OC)N(C)C(=O)C(CC(=O)C(C)(C)CNC)C(C)C. The Bertz CT molecular complexity index is 1470. The van der Waals surface area contributed by atoms with Crippen LogP contribution in [0.15, 0.2) is 41.9 Å². The molecule has 10 nitrogen and oxygen atoms in total. The van der Waals surface area contributed by atoms with Gasteiger partial charge in [-0.3, -0.25) is 19.2 Å². The minimum atomic E-state index is -0.599. The molecule has 2 aromatic rings. The number of carbonyl (C=O) groups excluding carboxylic acids is 4. The minimum Gasteiger partial charge on any atom is -0.379 e. The first kappa shape index (κ1) is 45.4. The summed E-state index contributed by atoms with van der Waals surface area (Å²) in [5.41, 5.74) is 0.559. The van der Waals surface area contributed by atoms with E-state index >= 15 is 0 Å². The molecule has 2 heterocycles. The number of carbonyl (C=O) groups is 4. The summed E-state index contributed by atoms with van der Waals surface area (Å²) >= 11 is 1.57. The van der Waals surface area contributed by atoms with Crippen molar-refractivity contribution in [3.63, 3.8) is 0 Å². The van der Waals surface area contributed by atoms with Gasteiger partial charge in [0.1, 0.15) is 11.6 Å². The van der Waals surface area contributed by atoms with Crippen LogP contribution in [0.1, 0.15) is 103 Å². The Morgan fingerprint density at radius 1 is 1.04 bits per heavy atom. The van der Waals surface area contributed by atoms with Crippen LogP contribution in [-0.4, -0.2) is 104 Å². The first-order valence-electron chi connectivity index (χ1n) is 19.9. The number of Topliss-reactive ketones (excluding diaryl/α,β-unsaturated/α-hetero) is 2. The highest BCUT2D eigenvalue weighted by Gasteiger charge is 2.43. The van der Waals surface area contributed by atoms with Gasteiger partial charge < -0.3 is 24.6 Å². The summed E-state index contributed by atoms with van der Waals surface area (Å²) in [5, 5.41) is 5.99. The van der Waals surface area contributed by atoms with Crippen LogP contribution in [0.2, 0.25) is 0 Å². The Morgan fingerprint density at radius 3 is 2.28 bits per heavy atom. The molecule has 8 unspecified atom stereocenters. The lowest BCUT2D eigenvalue weighted by Gasteiger charge is -2.41. The fraction of sp³-hybridized carbons (Fsp3) is 0.698. The van der Waals surface area contributed by atoms with Crippen LogP contribution >= 0.6 is 11.3 Å². The van der Waals surface area contributed by atoms with Crippen molar-refractivity contribution in [2.75, 3.05) is 41.4 Å². The Kier molecular flexibility index (Phi) is 17.9. The molecule has 8 atom stereocenters. The molecule has 1 aromatic carbocycles. The highest BCUT2D eigenvalue weighted by atomic mass is 32.1. The van der Waals surface area contributed by atoms with Gasteiger partial charge in [-0.25, -0.2) is 4.98 Å². The molecule has 2 amide bonds. The first-order chi connectivity index (χ1) is 25.6. The number of methoxy groups -OCH3 is 2. The molecule has 1 N–H and O–H groups in total. The summed E-state index contributed by atoms with van der Waals surface area (Å²) < 4.78 is 12.1. The van der Waals surface area contributed by atoms with Crippen molar-refractivity contribution in [2.24, 2.45) is 29.1 Å². The van der Waals surface area contributed by atoms with E-state index in [-0.39, 0.29) is 66.1 Å². The molecule has 0 radical (unpaired) electrons. The summed E-state index contributed by atoms with van der Waals surface area (Å²) in [7, 11) is 6.84. The zero-order valence-electron chi connectivity index (χ0n) is 34.8. The number of nitrogens with one attached hydrogen (secondary N) is 1. The lowest BCUT2D eigenvalue weighted by Crippen LogP contribution is -2.54. The average molecular weight is 769 g/mol. The largest absolute Gasteiger partial charge is 0.379 e. The van der Waals surface area contributed by atoms with Crippen LogP contribution in [-0.2, 0) is 35.1 Å². The van der Waals surface area contributed by atoms with Crippen molar-refractivity contribution in [1.82, 2.24) is 20.1 Å². The summed E-state index contributed by atoms with van der Waals surface area (Å²) in [5.74, 6) is -1.04. The molecule has 0 bridgehead atoms. The minimum absolute atomic E-state index is 0.0290. The van der Waals surface area contributed by atoms with E-state index in [0.717, 1.165) is 29.8 Å². The van der Waals surface area contributed by atoms with Crippen LogP contribution < -0.4 is 5.32 Å². The number of likely N-dealkylation sites (N-methyl/N-ethyl adjacent to an activating group) is 1. The van der Waals surface area contributed by atoms with Gasteiger partial charge in [0.05, 0.1) is 35.7 Å². The van der Waals surface area contributed by atoms with E-state index in [1.165, 1.54) is 0 Å². The van der Waals surface area contributed by atoms with E-state index in [2.05, 4.69) is 36.3 Å². The summed E-state index contributed by atoms with van der Waals surface area (Å²) in [6.07, 6.45) is 4.37. The van der Waals surface area contributed by atoms with Gasteiger partial charge in [0.25, 0.3) is 0 Å². The van der Waals surface area contributed by atoms with Crippen molar-refractivity contribution in [2.45, 2.75) is 124 Å². The first-order valence-corrected chi connectivity index (χ1v) is 20.7. The molecule has 54 heavy (non-hydrogen) atoms. The van der Waals surface area contributed by atoms with Crippen LogP contribution in [0, 0.1) is 29.1 Å². The molecule has 1 fully saturated rings. The van der Waals surface area contributed by atoms with E-state index in [0.29, 0.717) is 25.9 Å². The second-order valence-electron chi connectivity index (χ2n) is 16.4. The highest BCUT2D eigenvalue weighted by Crippen LogP contribution is 2.34. The molecular formula is C43H68N4O6S. The number of nitrogens with zero attached hydrogens (tertiary/aromatic N) is 3. The van der Waals surface area contributed by atoms with E-state index in [9.17, 15) is 19.2 Å². The normalized spacial score (nSPS) is 18.8. The van der Waals surface area contributed by atoms with Gasteiger partial charge >= 0.3 is 0 Å². The number of ketones is 2. The van der Waals surface area contributed by atoms with Gasteiger partial charge in [-0.15, -0.1) is 11.3 Å². The predicted octanol–water partition coefficient (Wildman–Crippen LogP) is 6.83. The van der Waals surface area contributed by atoms with Gasteiger partial charge in [-0.1, -0.05) is 85.2 Å². The van der Waals surface area contributed by atoms with Crippen molar-refractivity contribution < 1.29 is 28.7 Å². The number of aromatic nitrogens is 1. The molecule has 1 aliphatic heterocycles. The van der Waals surface area contributed by atoms with Crippen molar-refractivity contribution in [3.05, 3.63) is 52.5 Å². The maximum Gasteiger partial charge on any atom is 0.226 e. The van der Waals surface area contributed by atoms with E-state index in [1.54, 1.807) is 43.7 Å². The number of benzene rings is 1. The number of amides is 2. The summed E-state index contributed by atoms with van der Waals surface area (Å²) in [4.78, 5) is 64.1. The lowest BCUT2D eigenvalue weighted by molar-refractivity contribution is -0.149. The van der Waals surface area contributed by atoms with Gasteiger partial charge in [0, 0.05) is 81.9 Å². The Labute approximate surface area is 329 Å². The smallest absolute Gasteiger partial charge is 0.226 e. The third-order valence-corrected chi connectivity index (χ3v) is 12.8. The Hall–Kier alpha value is -2.99. The van der Waals surface area contributed by atoms with Crippen molar-refractivity contribution in [1.29, 1.82) is 0 Å². The van der Waals surface area contributed by atoms with Crippen molar-refractivity contribution >= 4 is 34.7 Å². The second-order valence-corrected chi connectivity index (χ2v) is 17.3. The van der Waals surface area contributed by atoms with Gasteiger partial charge in [-0.05, 0) is 43.7 Å². The van der Waals surface area contributed by atoms with Crippen molar-refractivity contribution in [3.8, 4) is 0 Å². The van der Waals surface area contributed by atoms with Crippen LogP contribution in [0.5, 0.6) is 0 Å². The second kappa shape index (κ2) is 21.3. The fourth-order valence-electron chi connectivity index (χ4n) is 8.24. The number of hydrogen-bond acceptors (Lipinski definition) is 9. The van der Waals surface area contributed by atoms with Crippen LogP contribution in [0.3, 0.4) is 0 Å². The maximum atomic E-state index is 14.3.